The van der Waals surface area contributed by atoms with Gasteiger partial charge in [-0.25, -0.2) is 0 Å². The van der Waals surface area contributed by atoms with Gasteiger partial charge in [-0.1, -0.05) is 32.1 Å². The highest BCUT2D eigenvalue weighted by atomic mass is 16.7. The summed E-state index contributed by atoms with van der Waals surface area (Å²) < 4.78 is 22.9. The standard InChI is InChI=1S/C20H26O5/c1-5-6-16-18-12(2)17(13(3)20(24-18)25-19(16)21)23-11-14-7-9-15(22-4)10-8-14/h5,7-10,12-13,16-18,20H,1,6,11H2,2-4H3/t12-,13+,16+,17+,18+,20+/m1/s1. The number of hydrogen-bond acceptors (Lipinski definition) is 5. The monoisotopic (exact) mass is 346 g/mol. The van der Waals surface area contributed by atoms with Crippen LogP contribution >= 0.6 is 0 Å². The fraction of sp³-hybridized carbons (Fsp3) is 0.550. The number of rotatable bonds is 6. The first-order chi connectivity index (χ1) is 12.0. The number of benzene rings is 1. The molecule has 2 heterocycles. The van der Waals surface area contributed by atoms with Gasteiger partial charge in [0.05, 0.1) is 31.8 Å². The Kier molecular flexibility index (Phi) is 5.45. The molecule has 0 aliphatic carbocycles. The first-order valence-electron chi connectivity index (χ1n) is 8.76. The number of ether oxygens (including phenoxy) is 4. The highest BCUT2D eigenvalue weighted by Gasteiger charge is 2.52. The van der Waals surface area contributed by atoms with Crippen molar-refractivity contribution in [3.8, 4) is 5.75 Å². The summed E-state index contributed by atoms with van der Waals surface area (Å²) in [5.74, 6) is 0.419. The average Bonchev–Trinajstić information content (AvgIpc) is 2.62. The number of carbonyl (C=O) groups excluding carboxylic acids is 1. The smallest absolute Gasteiger partial charge is 0.314 e. The molecule has 0 N–H and O–H groups in total. The zero-order chi connectivity index (χ0) is 18.0. The maximum atomic E-state index is 12.2. The Morgan fingerprint density at radius 1 is 1.20 bits per heavy atom. The molecule has 0 aromatic heterocycles. The van der Waals surface area contributed by atoms with Crippen molar-refractivity contribution in [2.24, 2.45) is 17.8 Å². The topological polar surface area (TPSA) is 54.0 Å². The summed E-state index contributed by atoms with van der Waals surface area (Å²) in [5.41, 5.74) is 1.08. The Balaban J connectivity index is 1.70. The minimum Gasteiger partial charge on any atom is -0.497 e. The van der Waals surface area contributed by atoms with Crippen LogP contribution in [0, 0.1) is 17.8 Å². The van der Waals surface area contributed by atoms with E-state index in [4.69, 9.17) is 18.9 Å². The summed E-state index contributed by atoms with van der Waals surface area (Å²) in [6.45, 7) is 8.34. The third kappa shape index (κ3) is 3.58. The summed E-state index contributed by atoms with van der Waals surface area (Å²) in [5, 5.41) is 0. The van der Waals surface area contributed by atoms with Gasteiger partial charge in [0.2, 0.25) is 6.29 Å². The van der Waals surface area contributed by atoms with E-state index in [1.807, 2.05) is 31.2 Å². The number of allylic oxidation sites excluding steroid dienone is 1. The van der Waals surface area contributed by atoms with Crippen molar-refractivity contribution >= 4 is 5.97 Å². The lowest BCUT2D eigenvalue weighted by molar-refractivity contribution is -0.298. The quantitative estimate of drug-likeness (QED) is 0.584. The third-order valence-electron chi connectivity index (χ3n) is 5.23. The SMILES string of the molecule is C=CC[C@@H]1C(=O)O[C@@H]2O[C@H]1[C@H](C)[C@H](OCc1ccc(OC)cc1)[C@@H]2C. The van der Waals surface area contributed by atoms with Crippen molar-refractivity contribution < 1.29 is 23.7 Å². The summed E-state index contributed by atoms with van der Waals surface area (Å²) >= 11 is 0. The lowest BCUT2D eigenvalue weighted by Crippen LogP contribution is -2.59. The normalized spacial score (nSPS) is 34.3. The predicted molar refractivity (Wildman–Crippen MR) is 93.0 cm³/mol. The van der Waals surface area contributed by atoms with Crippen LogP contribution in [0.4, 0.5) is 0 Å². The second-order valence-electron chi connectivity index (χ2n) is 6.88. The summed E-state index contributed by atoms with van der Waals surface area (Å²) in [6.07, 6.45) is 1.54. The minimum absolute atomic E-state index is 0.0156. The van der Waals surface area contributed by atoms with Crippen molar-refractivity contribution in [1.82, 2.24) is 0 Å². The zero-order valence-corrected chi connectivity index (χ0v) is 15.0. The summed E-state index contributed by atoms with van der Waals surface area (Å²) in [7, 11) is 1.65. The van der Waals surface area contributed by atoms with E-state index in [1.54, 1.807) is 13.2 Å². The van der Waals surface area contributed by atoms with Crippen LogP contribution in [0.5, 0.6) is 5.75 Å². The van der Waals surface area contributed by atoms with Crippen LogP contribution in [0.15, 0.2) is 36.9 Å². The van der Waals surface area contributed by atoms with Gasteiger partial charge in [-0.15, -0.1) is 6.58 Å². The van der Waals surface area contributed by atoms with Gasteiger partial charge in [0.1, 0.15) is 5.75 Å². The van der Waals surface area contributed by atoms with E-state index in [2.05, 4.69) is 13.5 Å². The lowest BCUT2D eigenvalue weighted by atomic mass is 9.78. The Labute approximate surface area is 148 Å². The van der Waals surface area contributed by atoms with Gasteiger partial charge in [0, 0.05) is 11.8 Å². The molecule has 2 bridgehead atoms. The van der Waals surface area contributed by atoms with Crippen LogP contribution in [0.2, 0.25) is 0 Å². The minimum atomic E-state index is -0.532. The van der Waals surface area contributed by atoms with Gasteiger partial charge in [-0.05, 0) is 24.1 Å². The molecule has 2 saturated heterocycles. The fourth-order valence-electron chi connectivity index (χ4n) is 3.78. The molecule has 0 unspecified atom stereocenters. The van der Waals surface area contributed by atoms with E-state index in [9.17, 15) is 4.79 Å². The number of esters is 1. The second kappa shape index (κ2) is 7.58. The third-order valence-corrected chi connectivity index (χ3v) is 5.23. The molecule has 2 aliphatic heterocycles. The first-order valence-corrected chi connectivity index (χ1v) is 8.76. The van der Waals surface area contributed by atoms with Crippen molar-refractivity contribution in [3.63, 3.8) is 0 Å². The average molecular weight is 346 g/mol. The molecule has 0 radical (unpaired) electrons. The molecule has 136 valence electrons. The molecule has 5 heteroatoms. The van der Waals surface area contributed by atoms with E-state index in [1.165, 1.54) is 0 Å². The van der Waals surface area contributed by atoms with E-state index in [-0.39, 0.29) is 35.9 Å². The van der Waals surface area contributed by atoms with Crippen LogP contribution in [0.25, 0.3) is 0 Å². The van der Waals surface area contributed by atoms with Crippen molar-refractivity contribution in [2.45, 2.75) is 45.4 Å². The van der Waals surface area contributed by atoms with Crippen molar-refractivity contribution in [1.29, 1.82) is 0 Å². The van der Waals surface area contributed by atoms with Crippen LogP contribution in [-0.4, -0.2) is 31.6 Å². The molecule has 25 heavy (non-hydrogen) atoms. The van der Waals surface area contributed by atoms with Gasteiger partial charge in [0.25, 0.3) is 0 Å². The first kappa shape index (κ1) is 18.0. The number of hydrogen-bond donors (Lipinski definition) is 0. The van der Waals surface area contributed by atoms with Crippen molar-refractivity contribution in [2.75, 3.05) is 7.11 Å². The van der Waals surface area contributed by atoms with Crippen LogP contribution in [0.1, 0.15) is 25.8 Å². The fourth-order valence-corrected chi connectivity index (χ4v) is 3.78. The van der Waals surface area contributed by atoms with Gasteiger partial charge >= 0.3 is 5.97 Å². The van der Waals surface area contributed by atoms with E-state index in [0.29, 0.717) is 13.0 Å². The molecular weight excluding hydrogens is 320 g/mol. The summed E-state index contributed by atoms with van der Waals surface area (Å²) in [4.78, 5) is 12.2. The second-order valence-corrected chi connectivity index (χ2v) is 6.88. The van der Waals surface area contributed by atoms with E-state index in [0.717, 1.165) is 11.3 Å². The molecule has 2 aliphatic rings. The molecule has 3 rings (SSSR count). The molecule has 1 aromatic carbocycles. The highest BCUT2D eigenvalue weighted by molar-refractivity contribution is 5.74. The zero-order valence-electron chi connectivity index (χ0n) is 15.0. The molecule has 5 nitrogen and oxygen atoms in total. The largest absolute Gasteiger partial charge is 0.497 e. The van der Waals surface area contributed by atoms with Gasteiger partial charge < -0.3 is 18.9 Å². The van der Waals surface area contributed by atoms with Gasteiger partial charge in [-0.3, -0.25) is 4.79 Å². The highest BCUT2D eigenvalue weighted by Crippen LogP contribution is 2.41. The molecule has 0 saturated carbocycles. The van der Waals surface area contributed by atoms with E-state index < -0.39 is 6.29 Å². The molecule has 1 aromatic rings. The van der Waals surface area contributed by atoms with Crippen LogP contribution < -0.4 is 4.74 Å². The predicted octanol–water partition coefficient (Wildman–Crippen LogP) is 3.33. The Bertz CT molecular complexity index is 611. The number of fused-ring (bicyclic) bond motifs is 2. The van der Waals surface area contributed by atoms with Crippen LogP contribution in [0.3, 0.4) is 0 Å². The summed E-state index contributed by atoms with van der Waals surface area (Å²) in [6, 6.07) is 7.84. The molecule has 0 spiro atoms. The maximum Gasteiger partial charge on any atom is 0.314 e. The molecule has 0 amide bonds. The molecule has 2 fully saturated rings. The lowest BCUT2D eigenvalue weighted by Gasteiger charge is -2.49. The number of carbonyl (C=O) groups is 1. The maximum absolute atomic E-state index is 12.2. The Morgan fingerprint density at radius 2 is 1.92 bits per heavy atom. The van der Waals surface area contributed by atoms with Gasteiger partial charge in [0.15, 0.2) is 0 Å². The number of methoxy groups -OCH3 is 1. The van der Waals surface area contributed by atoms with E-state index >= 15 is 0 Å². The Morgan fingerprint density at radius 3 is 2.56 bits per heavy atom. The van der Waals surface area contributed by atoms with Crippen molar-refractivity contribution in [3.05, 3.63) is 42.5 Å². The molecule has 6 atom stereocenters. The molecular formula is C20H26O5. The van der Waals surface area contributed by atoms with Crippen LogP contribution in [-0.2, 0) is 25.6 Å². The van der Waals surface area contributed by atoms with Gasteiger partial charge in [-0.2, -0.15) is 0 Å². The Hall–Kier alpha value is -1.85.